The fourth-order valence-electron chi connectivity index (χ4n) is 2.20. The molecule has 1 N–H and O–H groups in total. The molecule has 0 atom stereocenters. The van der Waals surface area contributed by atoms with Crippen LogP contribution in [0, 0.1) is 13.0 Å². The van der Waals surface area contributed by atoms with Gasteiger partial charge in [0.2, 0.25) is 0 Å². The predicted molar refractivity (Wildman–Crippen MR) is 67.3 cm³/mol. The van der Waals surface area contributed by atoms with E-state index in [0.717, 1.165) is 5.52 Å². The molecule has 0 unspecified atom stereocenters. The average Bonchev–Trinajstić information content (AvgIpc) is 2.66. The molecule has 0 amide bonds. The first kappa shape index (κ1) is 9.22. The van der Waals surface area contributed by atoms with E-state index in [9.17, 15) is 0 Å². The highest BCUT2D eigenvalue weighted by molar-refractivity contribution is 5.97. The van der Waals surface area contributed by atoms with Gasteiger partial charge < -0.3 is 4.98 Å². The molecular weight excluding hydrogens is 194 g/mol. The van der Waals surface area contributed by atoms with Gasteiger partial charge in [-0.25, -0.2) is 0 Å². The van der Waals surface area contributed by atoms with E-state index in [4.69, 9.17) is 0 Å². The number of hydrogen-bond donors (Lipinski definition) is 1. The Kier molecular flexibility index (Phi) is 2.03. The third-order valence-corrected chi connectivity index (χ3v) is 2.89. The van der Waals surface area contributed by atoms with Crippen molar-refractivity contribution in [2.45, 2.75) is 6.92 Å². The van der Waals surface area contributed by atoms with Gasteiger partial charge in [0.05, 0.1) is 0 Å². The number of aromatic nitrogens is 1. The van der Waals surface area contributed by atoms with E-state index in [1.165, 1.54) is 22.2 Å². The van der Waals surface area contributed by atoms with Gasteiger partial charge in [0.1, 0.15) is 0 Å². The summed E-state index contributed by atoms with van der Waals surface area (Å²) in [5.74, 6) is 0. The summed E-state index contributed by atoms with van der Waals surface area (Å²) in [6.07, 6.45) is 0. The van der Waals surface area contributed by atoms with Crippen LogP contribution in [0.5, 0.6) is 0 Å². The molecule has 0 saturated heterocycles. The van der Waals surface area contributed by atoms with Crippen molar-refractivity contribution < 1.29 is 0 Å². The van der Waals surface area contributed by atoms with Crippen molar-refractivity contribution in [2.75, 3.05) is 0 Å². The quantitative estimate of drug-likeness (QED) is 0.620. The molecule has 1 heterocycles. The SMILES string of the molecule is Cc1[nH]c2c[c]ccc2c1-c1ccccc1. The molecule has 1 radical (unpaired) electrons. The molecule has 16 heavy (non-hydrogen) atoms. The van der Waals surface area contributed by atoms with Crippen molar-refractivity contribution in [3.63, 3.8) is 0 Å². The minimum atomic E-state index is 1.15. The van der Waals surface area contributed by atoms with Crippen LogP contribution in [0.15, 0.2) is 48.5 Å². The van der Waals surface area contributed by atoms with Gasteiger partial charge in [0.15, 0.2) is 0 Å². The Morgan fingerprint density at radius 3 is 2.69 bits per heavy atom. The zero-order chi connectivity index (χ0) is 11.0. The fourth-order valence-corrected chi connectivity index (χ4v) is 2.20. The molecule has 1 nitrogen and oxygen atoms in total. The molecule has 0 aliphatic heterocycles. The molecule has 3 aromatic rings. The molecule has 0 aliphatic rings. The number of H-pyrrole nitrogens is 1. The zero-order valence-electron chi connectivity index (χ0n) is 9.12. The second-order valence-corrected chi connectivity index (χ2v) is 3.96. The molecule has 2 aromatic carbocycles. The number of hydrogen-bond acceptors (Lipinski definition) is 0. The van der Waals surface area contributed by atoms with Crippen LogP contribution in [0.25, 0.3) is 22.0 Å². The van der Waals surface area contributed by atoms with Crippen LogP contribution in [0.1, 0.15) is 5.69 Å². The van der Waals surface area contributed by atoms with E-state index in [2.05, 4.69) is 48.3 Å². The van der Waals surface area contributed by atoms with Crippen LogP contribution in [0.2, 0.25) is 0 Å². The summed E-state index contributed by atoms with van der Waals surface area (Å²) in [6.45, 7) is 2.11. The Morgan fingerprint density at radius 1 is 1.06 bits per heavy atom. The van der Waals surface area contributed by atoms with E-state index in [1.807, 2.05) is 18.2 Å². The molecular formula is C15H12N. The monoisotopic (exact) mass is 206 g/mol. The highest BCUT2D eigenvalue weighted by Crippen LogP contribution is 2.31. The minimum Gasteiger partial charge on any atom is -0.358 e. The van der Waals surface area contributed by atoms with E-state index in [0.29, 0.717) is 0 Å². The Morgan fingerprint density at radius 2 is 1.88 bits per heavy atom. The number of benzene rings is 2. The van der Waals surface area contributed by atoms with Gasteiger partial charge in [-0.05, 0) is 24.6 Å². The van der Waals surface area contributed by atoms with Crippen LogP contribution in [0.4, 0.5) is 0 Å². The fraction of sp³-hybridized carbons (Fsp3) is 0.0667. The summed E-state index contributed by atoms with van der Waals surface area (Å²) in [5, 5.41) is 1.27. The summed E-state index contributed by atoms with van der Waals surface area (Å²) in [7, 11) is 0. The van der Waals surface area contributed by atoms with Crippen LogP contribution >= 0.6 is 0 Å². The molecule has 0 saturated carbocycles. The van der Waals surface area contributed by atoms with Gasteiger partial charge in [0, 0.05) is 22.2 Å². The van der Waals surface area contributed by atoms with Crippen molar-refractivity contribution in [1.82, 2.24) is 4.98 Å². The standard InChI is InChI=1S/C15H12N/c1-11-15(12-7-3-2-4-8-12)13-9-5-6-10-14(13)16-11/h2-5,7-10,16H,1H3. The highest BCUT2D eigenvalue weighted by Gasteiger charge is 2.08. The summed E-state index contributed by atoms with van der Waals surface area (Å²) in [5.41, 5.74) is 4.92. The summed E-state index contributed by atoms with van der Waals surface area (Å²) >= 11 is 0. The number of aromatic amines is 1. The largest absolute Gasteiger partial charge is 0.358 e. The van der Waals surface area contributed by atoms with Crippen molar-refractivity contribution >= 4 is 10.9 Å². The van der Waals surface area contributed by atoms with Gasteiger partial charge in [-0.3, -0.25) is 0 Å². The summed E-state index contributed by atoms with van der Waals surface area (Å²) < 4.78 is 0. The van der Waals surface area contributed by atoms with Gasteiger partial charge >= 0.3 is 0 Å². The second kappa shape index (κ2) is 3.53. The smallest absolute Gasteiger partial charge is 0.0468 e. The third kappa shape index (κ3) is 1.33. The van der Waals surface area contributed by atoms with Crippen LogP contribution < -0.4 is 0 Å². The maximum Gasteiger partial charge on any atom is 0.0468 e. The Bertz CT molecular complexity index is 620. The summed E-state index contributed by atoms with van der Waals surface area (Å²) in [6, 6.07) is 19.6. The number of fused-ring (bicyclic) bond motifs is 1. The maximum atomic E-state index is 3.39. The van der Waals surface area contributed by atoms with Gasteiger partial charge in [-0.2, -0.15) is 0 Å². The lowest BCUT2D eigenvalue weighted by Crippen LogP contribution is -1.78. The maximum absolute atomic E-state index is 3.39. The normalized spacial score (nSPS) is 10.8. The second-order valence-electron chi connectivity index (χ2n) is 3.96. The van der Waals surface area contributed by atoms with Crippen molar-refractivity contribution in [3.8, 4) is 11.1 Å². The molecule has 1 heteroatoms. The van der Waals surface area contributed by atoms with E-state index < -0.39 is 0 Å². The molecule has 3 rings (SSSR count). The van der Waals surface area contributed by atoms with E-state index >= 15 is 0 Å². The number of rotatable bonds is 1. The van der Waals surface area contributed by atoms with Crippen molar-refractivity contribution in [3.05, 3.63) is 60.3 Å². The Labute approximate surface area is 94.7 Å². The van der Waals surface area contributed by atoms with Gasteiger partial charge in [0.25, 0.3) is 0 Å². The van der Waals surface area contributed by atoms with Crippen LogP contribution in [-0.4, -0.2) is 4.98 Å². The lowest BCUT2D eigenvalue weighted by atomic mass is 10.0. The molecule has 77 valence electrons. The highest BCUT2D eigenvalue weighted by atomic mass is 14.7. The molecule has 0 spiro atoms. The topological polar surface area (TPSA) is 15.8 Å². The Balaban J connectivity index is 2.35. The average molecular weight is 206 g/mol. The number of nitrogens with one attached hydrogen (secondary N) is 1. The third-order valence-electron chi connectivity index (χ3n) is 2.89. The molecule has 0 fully saturated rings. The number of aryl methyl sites for hydroxylation is 1. The minimum absolute atomic E-state index is 1.15. The van der Waals surface area contributed by atoms with E-state index in [1.54, 1.807) is 0 Å². The lowest BCUT2D eigenvalue weighted by molar-refractivity contribution is 1.30. The molecule has 1 aromatic heterocycles. The molecule has 0 bridgehead atoms. The van der Waals surface area contributed by atoms with Gasteiger partial charge in [-0.15, -0.1) is 0 Å². The lowest BCUT2D eigenvalue weighted by Gasteiger charge is -2.00. The van der Waals surface area contributed by atoms with Crippen LogP contribution in [-0.2, 0) is 0 Å². The van der Waals surface area contributed by atoms with Crippen LogP contribution in [0.3, 0.4) is 0 Å². The first-order valence-corrected chi connectivity index (χ1v) is 5.40. The first-order chi connectivity index (χ1) is 7.86. The summed E-state index contributed by atoms with van der Waals surface area (Å²) in [4.78, 5) is 3.39. The predicted octanol–water partition coefficient (Wildman–Crippen LogP) is 3.94. The first-order valence-electron chi connectivity index (χ1n) is 5.40. The van der Waals surface area contributed by atoms with E-state index in [-0.39, 0.29) is 0 Å². The molecule has 0 aliphatic carbocycles. The Hall–Kier alpha value is -2.02. The van der Waals surface area contributed by atoms with Crippen molar-refractivity contribution in [2.24, 2.45) is 0 Å². The van der Waals surface area contributed by atoms with Crippen molar-refractivity contribution in [1.29, 1.82) is 0 Å². The zero-order valence-corrected chi connectivity index (χ0v) is 9.12. The van der Waals surface area contributed by atoms with Gasteiger partial charge in [-0.1, -0.05) is 42.5 Å².